The van der Waals surface area contributed by atoms with Crippen molar-refractivity contribution in [3.63, 3.8) is 0 Å². The largest absolute Gasteiger partial charge is 0.497 e. The van der Waals surface area contributed by atoms with Crippen LogP contribution in [0, 0.1) is 21.4 Å². The lowest BCUT2D eigenvalue weighted by Gasteiger charge is -2.18. The summed E-state index contributed by atoms with van der Waals surface area (Å²) in [6.45, 7) is 0.822. The highest BCUT2D eigenvalue weighted by molar-refractivity contribution is 5.69. The number of nitriles is 1. The van der Waals surface area contributed by atoms with Crippen LogP contribution in [0.5, 0.6) is 5.75 Å². The van der Waals surface area contributed by atoms with Gasteiger partial charge in [0.05, 0.1) is 17.7 Å². The summed E-state index contributed by atoms with van der Waals surface area (Å²) in [4.78, 5) is 24.0. The molecule has 1 aromatic carbocycles. The summed E-state index contributed by atoms with van der Waals surface area (Å²) in [5.74, 6) is 1.10. The van der Waals surface area contributed by atoms with Gasteiger partial charge >= 0.3 is 5.63 Å². The van der Waals surface area contributed by atoms with Gasteiger partial charge in [-0.3, -0.25) is 10.1 Å². The van der Waals surface area contributed by atoms with Gasteiger partial charge < -0.3 is 19.4 Å². The van der Waals surface area contributed by atoms with Crippen LogP contribution in [0.1, 0.15) is 5.56 Å². The second-order valence-electron chi connectivity index (χ2n) is 5.38. The van der Waals surface area contributed by atoms with E-state index in [9.17, 15) is 20.2 Å². The average molecular weight is 354 g/mol. The third-order valence-electron chi connectivity index (χ3n) is 3.87. The molecular weight excluding hydrogens is 340 g/mol. The smallest absolute Gasteiger partial charge is 0.356 e. The molecule has 0 amide bonds. The Balaban J connectivity index is 2.12. The minimum atomic E-state index is -0.803. The van der Waals surface area contributed by atoms with Crippen LogP contribution in [0.4, 0.5) is 5.69 Å². The monoisotopic (exact) mass is 354 g/mol. The number of nitro groups is 1. The number of anilines is 1. The lowest BCUT2D eigenvalue weighted by molar-refractivity contribution is -0.403. The van der Waals surface area contributed by atoms with E-state index >= 15 is 0 Å². The van der Waals surface area contributed by atoms with Gasteiger partial charge in [0.15, 0.2) is 11.4 Å². The normalized spacial score (nSPS) is 14.8. The van der Waals surface area contributed by atoms with Crippen molar-refractivity contribution in [2.24, 2.45) is 0 Å². The molecule has 2 aromatic rings. The molecule has 0 spiro atoms. The van der Waals surface area contributed by atoms with E-state index in [0.717, 1.165) is 6.20 Å². The topological polar surface area (TPSA) is 122 Å². The molecular formula is C17H14N4O5. The second-order valence-corrected chi connectivity index (χ2v) is 5.38. The van der Waals surface area contributed by atoms with E-state index in [2.05, 4.69) is 5.32 Å². The number of ether oxygens (including phenoxy) is 1. The molecule has 132 valence electrons. The second kappa shape index (κ2) is 6.98. The number of nitrogens with zero attached hydrogens (tertiary/aromatic N) is 3. The van der Waals surface area contributed by atoms with Crippen LogP contribution in [-0.2, 0) is 0 Å². The van der Waals surface area contributed by atoms with Gasteiger partial charge in [-0.25, -0.2) is 4.79 Å². The van der Waals surface area contributed by atoms with Crippen LogP contribution in [0.15, 0.2) is 51.6 Å². The Bertz CT molecular complexity index is 972. The molecule has 1 aromatic heterocycles. The number of hydrogen-bond donors (Lipinski definition) is 1. The summed E-state index contributed by atoms with van der Waals surface area (Å²) in [6.07, 6.45) is 0.801. The van der Waals surface area contributed by atoms with Gasteiger partial charge in [0.1, 0.15) is 17.6 Å². The molecule has 9 nitrogen and oxygen atoms in total. The molecule has 0 unspecified atom stereocenters. The van der Waals surface area contributed by atoms with Gasteiger partial charge in [0.25, 0.3) is 6.20 Å². The first-order chi connectivity index (χ1) is 12.5. The standard InChI is InChI=1S/C17H14N4O5/c1-25-12-4-2-11(3-5-12)15-8-14(13(9-18)17(22)26-15)20-7-6-19-16(20)10-21(23)24/h2-5,8,10,19H,6-7H2,1H3/b16-10+. The van der Waals surface area contributed by atoms with Gasteiger partial charge in [-0.2, -0.15) is 5.26 Å². The van der Waals surface area contributed by atoms with Crippen LogP contribution in [0.25, 0.3) is 11.3 Å². The molecule has 0 atom stereocenters. The first kappa shape index (κ1) is 17.0. The number of nitrogens with one attached hydrogen (secondary N) is 1. The maximum absolute atomic E-state index is 12.3. The molecule has 1 aliphatic rings. The number of benzene rings is 1. The van der Waals surface area contributed by atoms with Crippen molar-refractivity contribution in [2.45, 2.75) is 0 Å². The van der Waals surface area contributed by atoms with Crippen molar-refractivity contribution in [1.29, 1.82) is 5.26 Å². The van der Waals surface area contributed by atoms with E-state index in [0.29, 0.717) is 24.4 Å². The lowest BCUT2D eigenvalue weighted by atomic mass is 10.1. The van der Waals surface area contributed by atoms with E-state index in [1.54, 1.807) is 31.4 Å². The van der Waals surface area contributed by atoms with E-state index in [-0.39, 0.29) is 22.8 Å². The van der Waals surface area contributed by atoms with Crippen molar-refractivity contribution in [3.8, 4) is 23.1 Å². The van der Waals surface area contributed by atoms with Crippen LogP contribution < -0.4 is 20.6 Å². The molecule has 0 saturated carbocycles. The Morgan fingerprint density at radius 2 is 2.15 bits per heavy atom. The van der Waals surface area contributed by atoms with Crippen LogP contribution in [-0.4, -0.2) is 25.1 Å². The summed E-state index contributed by atoms with van der Waals surface area (Å²) in [6, 6.07) is 10.2. The highest BCUT2D eigenvalue weighted by Gasteiger charge is 2.26. The summed E-state index contributed by atoms with van der Waals surface area (Å²) in [5.41, 5.74) is -0.142. The van der Waals surface area contributed by atoms with Gasteiger partial charge in [0, 0.05) is 24.7 Å². The highest BCUT2D eigenvalue weighted by atomic mass is 16.6. The Labute approximate surface area is 147 Å². The molecule has 26 heavy (non-hydrogen) atoms. The molecule has 2 heterocycles. The fraction of sp³-hybridized carbons (Fsp3) is 0.176. The van der Waals surface area contributed by atoms with Gasteiger partial charge in [-0.15, -0.1) is 0 Å². The summed E-state index contributed by atoms with van der Waals surface area (Å²) < 4.78 is 10.4. The zero-order valence-corrected chi connectivity index (χ0v) is 13.8. The minimum absolute atomic E-state index is 0.206. The van der Waals surface area contributed by atoms with Crippen molar-refractivity contribution in [3.05, 3.63) is 68.5 Å². The van der Waals surface area contributed by atoms with Gasteiger partial charge in [0.2, 0.25) is 0 Å². The number of rotatable bonds is 4. The van der Waals surface area contributed by atoms with E-state index in [1.165, 1.54) is 11.0 Å². The predicted molar refractivity (Wildman–Crippen MR) is 92.1 cm³/mol. The van der Waals surface area contributed by atoms with Crippen LogP contribution >= 0.6 is 0 Å². The zero-order chi connectivity index (χ0) is 18.7. The first-order valence-electron chi connectivity index (χ1n) is 7.63. The maximum Gasteiger partial charge on any atom is 0.356 e. The lowest BCUT2D eigenvalue weighted by Crippen LogP contribution is -2.23. The van der Waals surface area contributed by atoms with Crippen LogP contribution in [0.2, 0.25) is 0 Å². The minimum Gasteiger partial charge on any atom is -0.497 e. The predicted octanol–water partition coefficient (Wildman–Crippen LogP) is 1.67. The zero-order valence-electron chi connectivity index (χ0n) is 13.8. The Morgan fingerprint density at radius 1 is 1.42 bits per heavy atom. The van der Waals surface area contributed by atoms with Crippen LogP contribution in [0.3, 0.4) is 0 Å². The van der Waals surface area contributed by atoms with Gasteiger partial charge in [-0.1, -0.05) is 0 Å². The van der Waals surface area contributed by atoms with Crippen molar-refractivity contribution < 1.29 is 14.1 Å². The van der Waals surface area contributed by atoms with Gasteiger partial charge in [-0.05, 0) is 24.3 Å². The van der Waals surface area contributed by atoms with Crippen molar-refractivity contribution in [2.75, 3.05) is 25.1 Å². The fourth-order valence-corrected chi connectivity index (χ4v) is 2.67. The highest BCUT2D eigenvalue weighted by Crippen LogP contribution is 2.29. The van der Waals surface area contributed by atoms with E-state index in [4.69, 9.17) is 9.15 Å². The summed E-state index contributed by atoms with van der Waals surface area (Å²) >= 11 is 0. The Morgan fingerprint density at radius 3 is 2.77 bits per heavy atom. The summed E-state index contributed by atoms with van der Waals surface area (Å²) in [5, 5.41) is 23.0. The third-order valence-corrected chi connectivity index (χ3v) is 3.87. The third kappa shape index (κ3) is 3.21. The molecule has 3 rings (SSSR count). The number of hydrogen-bond acceptors (Lipinski definition) is 8. The fourth-order valence-electron chi connectivity index (χ4n) is 2.67. The molecule has 1 saturated heterocycles. The first-order valence-corrected chi connectivity index (χ1v) is 7.63. The van der Waals surface area contributed by atoms with Crippen molar-refractivity contribution in [1.82, 2.24) is 5.32 Å². The number of methoxy groups -OCH3 is 1. The average Bonchev–Trinajstić information content (AvgIpc) is 3.08. The maximum atomic E-state index is 12.3. The van der Waals surface area contributed by atoms with E-state index < -0.39 is 10.5 Å². The summed E-state index contributed by atoms with van der Waals surface area (Å²) in [7, 11) is 1.54. The van der Waals surface area contributed by atoms with Crippen molar-refractivity contribution >= 4 is 5.69 Å². The Hall–Kier alpha value is -3.80. The molecule has 1 aliphatic heterocycles. The molecule has 9 heteroatoms. The molecule has 0 bridgehead atoms. The molecule has 0 radical (unpaired) electrons. The molecule has 1 fully saturated rings. The Kier molecular flexibility index (Phi) is 4.57. The molecule has 1 N–H and O–H groups in total. The SMILES string of the molecule is COc1ccc(-c2cc(N3CCN/C3=C\[N+](=O)[O-])c(C#N)c(=O)o2)cc1. The van der Waals surface area contributed by atoms with E-state index in [1.807, 2.05) is 6.07 Å². The quantitative estimate of drug-likeness (QED) is 0.650. The molecule has 0 aliphatic carbocycles.